The van der Waals surface area contributed by atoms with Crippen LogP contribution < -0.4 is 5.73 Å². The van der Waals surface area contributed by atoms with Gasteiger partial charge < -0.3 is 15.2 Å². The molecule has 4 atom stereocenters. The predicted molar refractivity (Wildman–Crippen MR) is 83.3 cm³/mol. The zero-order valence-corrected chi connectivity index (χ0v) is 13.0. The fourth-order valence-corrected chi connectivity index (χ4v) is 3.88. The quantitative estimate of drug-likeness (QED) is 0.861. The lowest BCUT2D eigenvalue weighted by atomic mass is 9.96. The highest BCUT2D eigenvalue weighted by atomic mass is 16.5. The molecule has 2 aliphatic rings. The lowest BCUT2D eigenvalue weighted by molar-refractivity contribution is -0.00461. The summed E-state index contributed by atoms with van der Waals surface area (Å²) in [6.07, 6.45) is 3.78. The van der Waals surface area contributed by atoms with E-state index in [2.05, 4.69) is 29.2 Å². The molecular formula is C17H26N2O2. The Morgan fingerprint density at radius 3 is 2.43 bits per heavy atom. The lowest BCUT2D eigenvalue weighted by Gasteiger charge is -2.32. The van der Waals surface area contributed by atoms with Crippen molar-refractivity contribution in [2.75, 3.05) is 27.3 Å². The van der Waals surface area contributed by atoms with E-state index in [4.69, 9.17) is 15.2 Å². The first kappa shape index (κ1) is 15.0. The normalized spacial score (nSPS) is 33.7. The molecule has 4 heteroatoms. The van der Waals surface area contributed by atoms with Crippen LogP contribution in [0.25, 0.3) is 0 Å². The van der Waals surface area contributed by atoms with E-state index in [0.29, 0.717) is 6.04 Å². The second kappa shape index (κ2) is 6.44. The molecule has 1 saturated heterocycles. The fraction of sp³-hybridized carbons (Fsp3) is 0.647. The van der Waals surface area contributed by atoms with Crippen molar-refractivity contribution in [1.82, 2.24) is 4.90 Å². The molecule has 0 amide bonds. The molecule has 0 radical (unpaired) electrons. The average Bonchev–Trinajstić information content (AvgIpc) is 2.86. The van der Waals surface area contributed by atoms with E-state index in [1.165, 1.54) is 17.5 Å². The molecule has 4 nitrogen and oxygen atoms in total. The summed E-state index contributed by atoms with van der Waals surface area (Å²) >= 11 is 0. The Balaban J connectivity index is 1.80. The van der Waals surface area contributed by atoms with Gasteiger partial charge in [0, 0.05) is 39.4 Å². The first-order chi connectivity index (χ1) is 10.2. The minimum absolute atomic E-state index is 0.0804. The summed E-state index contributed by atoms with van der Waals surface area (Å²) in [5, 5.41) is 0. The number of hydrogen-bond donors (Lipinski definition) is 1. The SMILES string of the molecule is COC1CN(C2CCCc3ccccc3C2N)CC1OC. The van der Waals surface area contributed by atoms with Gasteiger partial charge in [0.2, 0.25) is 0 Å². The standard InChI is InChI=1S/C17H26N2O2/c1-20-15-10-19(11-16(15)21-2)14-9-5-7-12-6-3-4-8-13(12)17(14)18/h3-4,6,8,14-17H,5,7,9-11,18H2,1-2H3. The van der Waals surface area contributed by atoms with Crippen molar-refractivity contribution >= 4 is 0 Å². The van der Waals surface area contributed by atoms with E-state index in [1.54, 1.807) is 14.2 Å². The Morgan fingerprint density at radius 1 is 1.10 bits per heavy atom. The molecule has 0 aromatic heterocycles. The zero-order chi connectivity index (χ0) is 14.8. The summed E-state index contributed by atoms with van der Waals surface area (Å²) < 4.78 is 11.1. The van der Waals surface area contributed by atoms with Crippen molar-refractivity contribution in [2.24, 2.45) is 5.73 Å². The number of benzene rings is 1. The van der Waals surface area contributed by atoms with Crippen LogP contribution >= 0.6 is 0 Å². The van der Waals surface area contributed by atoms with Gasteiger partial charge in [0.05, 0.1) is 12.2 Å². The maximum absolute atomic E-state index is 6.62. The van der Waals surface area contributed by atoms with Crippen LogP contribution in [0.2, 0.25) is 0 Å². The van der Waals surface area contributed by atoms with Crippen molar-refractivity contribution in [1.29, 1.82) is 0 Å². The number of aryl methyl sites for hydroxylation is 1. The van der Waals surface area contributed by atoms with Crippen LogP contribution in [0.5, 0.6) is 0 Å². The molecule has 4 unspecified atom stereocenters. The predicted octanol–water partition coefficient (Wildman–Crippen LogP) is 1.74. The molecular weight excluding hydrogens is 264 g/mol. The summed E-state index contributed by atoms with van der Waals surface area (Å²) in [4.78, 5) is 2.47. The average molecular weight is 290 g/mol. The second-order valence-corrected chi connectivity index (χ2v) is 6.19. The number of ether oxygens (including phenoxy) is 2. The number of likely N-dealkylation sites (tertiary alicyclic amines) is 1. The van der Waals surface area contributed by atoms with Crippen LogP contribution in [0.1, 0.15) is 30.0 Å². The minimum Gasteiger partial charge on any atom is -0.377 e. The Labute approximate surface area is 127 Å². The van der Waals surface area contributed by atoms with E-state index >= 15 is 0 Å². The van der Waals surface area contributed by atoms with Gasteiger partial charge in [-0.15, -0.1) is 0 Å². The molecule has 1 aliphatic carbocycles. The number of nitrogens with two attached hydrogens (primary N) is 1. The summed E-state index contributed by atoms with van der Waals surface area (Å²) in [6, 6.07) is 9.08. The van der Waals surface area contributed by atoms with E-state index in [-0.39, 0.29) is 18.2 Å². The molecule has 21 heavy (non-hydrogen) atoms. The van der Waals surface area contributed by atoms with Crippen LogP contribution in [-0.4, -0.2) is 50.5 Å². The van der Waals surface area contributed by atoms with E-state index < -0.39 is 0 Å². The van der Waals surface area contributed by atoms with Gasteiger partial charge in [-0.2, -0.15) is 0 Å². The third-order valence-electron chi connectivity index (χ3n) is 5.09. The van der Waals surface area contributed by atoms with E-state index in [9.17, 15) is 0 Å². The van der Waals surface area contributed by atoms with Gasteiger partial charge in [-0.3, -0.25) is 4.90 Å². The Kier molecular flexibility index (Phi) is 4.60. The number of hydrogen-bond acceptors (Lipinski definition) is 4. The van der Waals surface area contributed by atoms with Gasteiger partial charge in [0.25, 0.3) is 0 Å². The third-order valence-corrected chi connectivity index (χ3v) is 5.09. The van der Waals surface area contributed by atoms with Crippen molar-refractivity contribution in [3.8, 4) is 0 Å². The summed E-state index contributed by atoms with van der Waals surface area (Å²) in [5.74, 6) is 0. The van der Waals surface area contributed by atoms with Crippen molar-refractivity contribution < 1.29 is 9.47 Å². The topological polar surface area (TPSA) is 47.7 Å². The highest BCUT2D eigenvalue weighted by Crippen LogP contribution is 2.32. The van der Waals surface area contributed by atoms with Crippen molar-refractivity contribution in [2.45, 2.75) is 43.6 Å². The molecule has 116 valence electrons. The van der Waals surface area contributed by atoms with Gasteiger partial charge in [-0.25, -0.2) is 0 Å². The highest BCUT2D eigenvalue weighted by molar-refractivity contribution is 5.32. The molecule has 1 aromatic carbocycles. The van der Waals surface area contributed by atoms with Crippen LogP contribution in [0.15, 0.2) is 24.3 Å². The third kappa shape index (κ3) is 2.86. The fourth-order valence-electron chi connectivity index (χ4n) is 3.88. The summed E-state index contributed by atoms with van der Waals surface area (Å²) in [7, 11) is 3.53. The van der Waals surface area contributed by atoms with Crippen LogP contribution in [-0.2, 0) is 15.9 Å². The maximum Gasteiger partial charge on any atom is 0.0971 e. The monoisotopic (exact) mass is 290 g/mol. The molecule has 0 saturated carbocycles. The number of fused-ring (bicyclic) bond motifs is 1. The van der Waals surface area contributed by atoms with Gasteiger partial charge >= 0.3 is 0 Å². The highest BCUT2D eigenvalue weighted by Gasteiger charge is 2.39. The Hall–Kier alpha value is -0.940. The lowest BCUT2D eigenvalue weighted by Crippen LogP contribution is -2.42. The molecule has 1 aromatic rings. The molecule has 1 aliphatic heterocycles. The van der Waals surface area contributed by atoms with Gasteiger partial charge in [-0.1, -0.05) is 24.3 Å². The van der Waals surface area contributed by atoms with E-state index in [1.807, 2.05) is 0 Å². The summed E-state index contributed by atoms with van der Waals surface area (Å²) in [6.45, 7) is 1.82. The minimum atomic E-state index is 0.0804. The molecule has 3 rings (SSSR count). The summed E-state index contributed by atoms with van der Waals surface area (Å²) in [5.41, 5.74) is 9.35. The van der Waals surface area contributed by atoms with Crippen molar-refractivity contribution in [3.63, 3.8) is 0 Å². The number of rotatable bonds is 3. The van der Waals surface area contributed by atoms with Crippen LogP contribution in [0.3, 0.4) is 0 Å². The largest absolute Gasteiger partial charge is 0.377 e. The van der Waals surface area contributed by atoms with E-state index in [0.717, 1.165) is 25.9 Å². The number of nitrogens with zero attached hydrogens (tertiary/aromatic N) is 1. The molecule has 2 N–H and O–H groups in total. The molecule has 1 heterocycles. The van der Waals surface area contributed by atoms with Gasteiger partial charge in [0.1, 0.15) is 0 Å². The Morgan fingerprint density at radius 2 is 1.76 bits per heavy atom. The zero-order valence-electron chi connectivity index (χ0n) is 13.0. The van der Waals surface area contributed by atoms with Crippen LogP contribution in [0, 0.1) is 0 Å². The van der Waals surface area contributed by atoms with Gasteiger partial charge in [0.15, 0.2) is 0 Å². The molecule has 1 fully saturated rings. The molecule has 0 spiro atoms. The number of methoxy groups -OCH3 is 2. The second-order valence-electron chi connectivity index (χ2n) is 6.19. The smallest absolute Gasteiger partial charge is 0.0971 e. The maximum atomic E-state index is 6.62. The van der Waals surface area contributed by atoms with Gasteiger partial charge in [-0.05, 0) is 30.4 Å². The first-order valence-corrected chi connectivity index (χ1v) is 7.87. The first-order valence-electron chi connectivity index (χ1n) is 7.87. The Bertz CT molecular complexity index is 468. The molecule has 0 bridgehead atoms. The van der Waals surface area contributed by atoms with Crippen molar-refractivity contribution in [3.05, 3.63) is 35.4 Å². The van der Waals surface area contributed by atoms with Crippen LogP contribution in [0.4, 0.5) is 0 Å².